The average Bonchev–Trinajstić information content (AvgIpc) is 3.03. The second-order valence-corrected chi connectivity index (χ2v) is 5.95. The van der Waals surface area contributed by atoms with E-state index in [0.29, 0.717) is 18.8 Å². The Kier molecular flexibility index (Phi) is 4.74. The minimum absolute atomic E-state index is 0.157. The summed E-state index contributed by atoms with van der Waals surface area (Å²) in [7, 11) is 0. The predicted octanol–water partition coefficient (Wildman–Crippen LogP) is 2.04. The molecule has 0 unspecified atom stereocenters. The van der Waals surface area contributed by atoms with Crippen LogP contribution in [0.3, 0.4) is 0 Å². The molecule has 1 atom stereocenters. The third kappa shape index (κ3) is 3.90. The van der Waals surface area contributed by atoms with E-state index >= 15 is 0 Å². The van der Waals surface area contributed by atoms with Crippen LogP contribution in [0.5, 0.6) is 0 Å². The second kappa shape index (κ2) is 7.12. The molecule has 1 aliphatic heterocycles. The molecule has 0 radical (unpaired) electrons. The Bertz CT molecular complexity index is 733. The quantitative estimate of drug-likeness (QED) is 0.847. The summed E-state index contributed by atoms with van der Waals surface area (Å²) in [5.74, 6) is -1.13. The van der Waals surface area contributed by atoms with Crippen molar-refractivity contribution in [2.24, 2.45) is 0 Å². The Balaban J connectivity index is 1.55. The number of hydrogen-bond donors (Lipinski definition) is 2. The number of amides is 2. The lowest BCUT2D eigenvalue weighted by molar-refractivity contribution is -0.142. The third-order valence-electron chi connectivity index (χ3n) is 3.95. The molecule has 2 amide bonds. The Morgan fingerprint density at radius 2 is 1.96 bits per heavy atom. The number of likely N-dealkylation sites (tertiary alicyclic amines) is 1. The standard InChI is InChI=1S/C18H20N4O2/c1-13-9-16(11-19-10-13)21-17(23)18(24)22-8-7-15(12-22)20-14-5-3-2-4-6-14/h2-6,9-11,15,20H,7-8,12H2,1H3,(H,21,23)/t15-/m1/s1. The van der Waals surface area contributed by atoms with E-state index in [9.17, 15) is 9.59 Å². The highest BCUT2D eigenvalue weighted by Gasteiger charge is 2.30. The van der Waals surface area contributed by atoms with Gasteiger partial charge in [0.15, 0.2) is 0 Å². The first-order valence-electron chi connectivity index (χ1n) is 7.95. The number of aryl methyl sites for hydroxylation is 1. The molecule has 24 heavy (non-hydrogen) atoms. The van der Waals surface area contributed by atoms with E-state index in [2.05, 4.69) is 15.6 Å². The van der Waals surface area contributed by atoms with Gasteiger partial charge in [0.1, 0.15) is 0 Å². The molecule has 3 rings (SSSR count). The Hall–Kier alpha value is -2.89. The van der Waals surface area contributed by atoms with Gasteiger partial charge in [-0.3, -0.25) is 14.6 Å². The summed E-state index contributed by atoms with van der Waals surface area (Å²) in [6.45, 7) is 2.97. The number of carbonyl (C=O) groups is 2. The highest BCUT2D eigenvalue weighted by molar-refractivity contribution is 6.39. The summed E-state index contributed by atoms with van der Waals surface area (Å²) in [5, 5.41) is 6.00. The Morgan fingerprint density at radius 1 is 1.17 bits per heavy atom. The Labute approximate surface area is 140 Å². The van der Waals surface area contributed by atoms with Gasteiger partial charge in [-0.05, 0) is 37.1 Å². The summed E-state index contributed by atoms with van der Waals surface area (Å²) in [4.78, 5) is 30.0. The second-order valence-electron chi connectivity index (χ2n) is 5.95. The lowest BCUT2D eigenvalue weighted by Gasteiger charge is -2.17. The van der Waals surface area contributed by atoms with E-state index in [4.69, 9.17) is 0 Å². The van der Waals surface area contributed by atoms with Crippen molar-refractivity contribution in [1.29, 1.82) is 0 Å². The maximum absolute atomic E-state index is 12.3. The molecule has 1 aliphatic rings. The SMILES string of the molecule is Cc1cncc(NC(=O)C(=O)N2CC[C@@H](Nc3ccccc3)C2)c1. The van der Waals surface area contributed by atoms with Gasteiger partial charge < -0.3 is 15.5 Å². The number of rotatable bonds is 3. The van der Waals surface area contributed by atoms with Gasteiger partial charge >= 0.3 is 11.8 Å². The molecule has 2 N–H and O–H groups in total. The fraction of sp³-hybridized carbons (Fsp3) is 0.278. The van der Waals surface area contributed by atoms with Crippen LogP contribution in [0.25, 0.3) is 0 Å². The van der Waals surface area contributed by atoms with Crippen LogP contribution in [0.15, 0.2) is 48.8 Å². The minimum atomic E-state index is -0.622. The number of nitrogens with zero attached hydrogens (tertiary/aromatic N) is 2. The zero-order valence-corrected chi connectivity index (χ0v) is 13.5. The molecule has 0 saturated carbocycles. The molecule has 2 aromatic rings. The number of nitrogens with one attached hydrogen (secondary N) is 2. The van der Waals surface area contributed by atoms with Gasteiger partial charge in [0.05, 0.1) is 11.9 Å². The number of para-hydroxylation sites is 1. The van der Waals surface area contributed by atoms with Crippen LogP contribution >= 0.6 is 0 Å². The van der Waals surface area contributed by atoms with Crippen LogP contribution in [-0.2, 0) is 9.59 Å². The lowest BCUT2D eigenvalue weighted by atomic mass is 10.2. The number of pyridine rings is 1. The monoisotopic (exact) mass is 324 g/mol. The van der Waals surface area contributed by atoms with Crippen molar-refractivity contribution in [3.8, 4) is 0 Å². The molecule has 6 heteroatoms. The van der Waals surface area contributed by atoms with E-state index in [-0.39, 0.29) is 6.04 Å². The highest BCUT2D eigenvalue weighted by Crippen LogP contribution is 2.16. The van der Waals surface area contributed by atoms with Crippen LogP contribution in [0.2, 0.25) is 0 Å². The van der Waals surface area contributed by atoms with Crippen molar-refractivity contribution in [1.82, 2.24) is 9.88 Å². The maximum atomic E-state index is 12.3. The van der Waals surface area contributed by atoms with Gasteiger partial charge in [0.2, 0.25) is 0 Å². The first kappa shape index (κ1) is 16.0. The van der Waals surface area contributed by atoms with Crippen LogP contribution in [0.1, 0.15) is 12.0 Å². The first-order chi connectivity index (χ1) is 11.6. The molecular weight excluding hydrogens is 304 g/mol. The van der Waals surface area contributed by atoms with Crippen LogP contribution in [0.4, 0.5) is 11.4 Å². The molecule has 6 nitrogen and oxygen atoms in total. The number of aromatic nitrogens is 1. The molecule has 1 aromatic carbocycles. The molecule has 1 fully saturated rings. The summed E-state index contributed by atoms with van der Waals surface area (Å²) >= 11 is 0. The van der Waals surface area contributed by atoms with Crippen LogP contribution in [-0.4, -0.2) is 40.8 Å². The fourth-order valence-electron chi connectivity index (χ4n) is 2.78. The third-order valence-corrected chi connectivity index (χ3v) is 3.95. The van der Waals surface area contributed by atoms with Crippen molar-refractivity contribution in [2.45, 2.75) is 19.4 Å². The Morgan fingerprint density at radius 3 is 2.71 bits per heavy atom. The number of anilines is 2. The zero-order chi connectivity index (χ0) is 16.9. The molecular formula is C18H20N4O2. The van der Waals surface area contributed by atoms with Crippen LogP contribution < -0.4 is 10.6 Å². The van der Waals surface area contributed by atoms with E-state index < -0.39 is 11.8 Å². The van der Waals surface area contributed by atoms with Gasteiger partial charge in [0.25, 0.3) is 0 Å². The van der Waals surface area contributed by atoms with Gasteiger partial charge in [-0.2, -0.15) is 0 Å². The maximum Gasteiger partial charge on any atom is 0.313 e. The molecule has 1 aromatic heterocycles. The zero-order valence-electron chi connectivity index (χ0n) is 13.5. The van der Waals surface area contributed by atoms with Gasteiger partial charge in [-0.15, -0.1) is 0 Å². The summed E-state index contributed by atoms with van der Waals surface area (Å²) < 4.78 is 0. The molecule has 0 spiro atoms. The number of hydrogen-bond acceptors (Lipinski definition) is 4. The van der Waals surface area contributed by atoms with E-state index in [1.165, 1.54) is 6.20 Å². The topological polar surface area (TPSA) is 74.3 Å². The van der Waals surface area contributed by atoms with Gasteiger partial charge in [0, 0.05) is 31.0 Å². The smallest absolute Gasteiger partial charge is 0.313 e. The largest absolute Gasteiger partial charge is 0.380 e. The van der Waals surface area contributed by atoms with Gasteiger partial charge in [-0.1, -0.05) is 18.2 Å². The summed E-state index contributed by atoms with van der Waals surface area (Å²) in [6.07, 6.45) is 4.04. The van der Waals surface area contributed by atoms with Crippen molar-refractivity contribution >= 4 is 23.2 Å². The number of benzene rings is 1. The predicted molar refractivity (Wildman–Crippen MR) is 92.7 cm³/mol. The molecule has 0 aliphatic carbocycles. The van der Waals surface area contributed by atoms with Crippen molar-refractivity contribution in [2.75, 3.05) is 23.7 Å². The highest BCUT2D eigenvalue weighted by atomic mass is 16.2. The molecule has 0 bridgehead atoms. The van der Waals surface area contributed by atoms with Gasteiger partial charge in [-0.25, -0.2) is 0 Å². The van der Waals surface area contributed by atoms with E-state index in [1.807, 2.05) is 37.3 Å². The minimum Gasteiger partial charge on any atom is -0.380 e. The van der Waals surface area contributed by atoms with E-state index in [0.717, 1.165) is 17.7 Å². The summed E-state index contributed by atoms with van der Waals surface area (Å²) in [6, 6.07) is 11.8. The summed E-state index contributed by atoms with van der Waals surface area (Å²) in [5.41, 5.74) is 2.48. The fourth-order valence-corrected chi connectivity index (χ4v) is 2.78. The van der Waals surface area contributed by atoms with Crippen molar-refractivity contribution in [3.63, 3.8) is 0 Å². The van der Waals surface area contributed by atoms with Crippen LogP contribution in [0, 0.1) is 6.92 Å². The normalized spacial score (nSPS) is 16.7. The van der Waals surface area contributed by atoms with E-state index in [1.54, 1.807) is 17.2 Å². The molecule has 2 heterocycles. The van der Waals surface area contributed by atoms with Crippen molar-refractivity contribution < 1.29 is 9.59 Å². The number of carbonyl (C=O) groups excluding carboxylic acids is 2. The molecule has 1 saturated heterocycles. The van der Waals surface area contributed by atoms with Crippen molar-refractivity contribution in [3.05, 3.63) is 54.4 Å². The average molecular weight is 324 g/mol. The first-order valence-corrected chi connectivity index (χ1v) is 7.95. The molecule has 124 valence electrons. The lowest BCUT2D eigenvalue weighted by Crippen LogP contribution is -2.39.